The molecular formula is C27H17N3O3S2. The quantitative estimate of drug-likeness (QED) is 0.240. The van der Waals surface area contributed by atoms with Crippen LogP contribution in [0.2, 0.25) is 0 Å². The van der Waals surface area contributed by atoms with Gasteiger partial charge in [0.05, 0.1) is 21.7 Å². The van der Waals surface area contributed by atoms with E-state index >= 15 is 0 Å². The van der Waals surface area contributed by atoms with Crippen molar-refractivity contribution < 1.29 is 14.4 Å². The Bertz CT molecular complexity index is 1560. The summed E-state index contributed by atoms with van der Waals surface area (Å²) in [7, 11) is 0. The molecule has 3 amide bonds. The van der Waals surface area contributed by atoms with Crippen molar-refractivity contribution in [1.82, 2.24) is 4.98 Å². The number of aromatic nitrogens is 1. The maximum Gasteiger partial charge on any atom is 0.265 e. The van der Waals surface area contributed by atoms with E-state index in [2.05, 4.69) is 10.3 Å². The van der Waals surface area contributed by atoms with Gasteiger partial charge < -0.3 is 5.32 Å². The lowest BCUT2D eigenvalue weighted by Gasteiger charge is -2.27. The van der Waals surface area contributed by atoms with Gasteiger partial charge in [0.25, 0.3) is 11.8 Å². The van der Waals surface area contributed by atoms with E-state index in [1.54, 1.807) is 47.7 Å². The standard InChI is InChI=1S/C27H17N3O3S2/c31-23(15-34-27-29-21-9-1-2-10-22(21)35-27)28-17-11-13-18(14-12-17)30-25(32)19-7-3-5-16-6-4-8-20(24(16)19)26(30)33/h1-14H,15H2,(H,28,31). The zero-order chi connectivity index (χ0) is 23.9. The van der Waals surface area contributed by atoms with E-state index in [0.717, 1.165) is 19.9 Å². The Balaban J connectivity index is 1.16. The van der Waals surface area contributed by atoms with Crippen molar-refractivity contribution in [2.24, 2.45) is 0 Å². The van der Waals surface area contributed by atoms with Gasteiger partial charge >= 0.3 is 0 Å². The predicted octanol–water partition coefficient (Wildman–Crippen LogP) is 5.98. The first-order valence-corrected chi connectivity index (χ1v) is 12.7. The van der Waals surface area contributed by atoms with Gasteiger partial charge in [-0.25, -0.2) is 9.88 Å². The summed E-state index contributed by atoms with van der Waals surface area (Å²) in [5, 5.41) is 4.41. The zero-order valence-corrected chi connectivity index (χ0v) is 19.9. The third-order valence-electron chi connectivity index (χ3n) is 5.78. The number of nitrogens with one attached hydrogen (secondary N) is 1. The van der Waals surface area contributed by atoms with Crippen molar-refractivity contribution in [2.45, 2.75) is 4.34 Å². The highest BCUT2D eigenvalue weighted by atomic mass is 32.2. The van der Waals surface area contributed by atoms with Gasteiger partial charge in [-0.15, -0.1) is 11.3 Å². The van der Waals surface area contributed by atoms with Crippen LogP contribution < -0.4 is 10.2 Å². The molecule has 5 aromatic rings. The summed E-state index contributed by atoms with van der Waals surface area (Å²) in [5.74, 6) is -0.648. The van der Waals surface area contributed by atoms with Crippen LogP contribution >= 0.6 is 23.1 Å². The molecule has 35 heavy (non-hydrogen) atoms. The van der Waals surface area contributed by atoms with Crippen molar-refractivity contribution in [2.75, 3.05) is 16.0 Å². The fourth-order valence-corrected chi connectivity index (χ4v) is 6.06. The SMILES string of the molecule is O=C(CSc1nc2ccccc2s1)Nc1ccc(N2C(=O)c3cccc4cccc(c34)C2=O)cc1. The van der Waals surface area contributed by atoms with Gasteiger partial charge in [0.15, 0.2) is 4.34 Å². The summed E-state index contributed by atoms with van der Waals surface area (Å²) in [4.78, 5) is 44.6. The lowest BCUT2D eigenvalue weighted by molar-refractivity contribution is -0.113. The molecule has 1 aromatic heterocycles. The molecule has 0 saturated carbocycles. The van der Waals surface area contributed by atoms with Gasteiger partial charge in [-0.2, -0.15) is 0 Å². The Morgan fingerprint density at radius 1 is 0.857 bits per heavy atom. The topological polar surface area (TPSA) is 79.4 Å². The number of rotatable bonds is 5. The van der Waals surface area contributed by atoms with Gasteiger partial charge in [0, 0.05) is 22.2 Å². The normalized spacial score (nSPS) is 13.0. The Morgan fingerprint density at radius 3 is 2.23 bits per heavy atom. The fourth-order valence-electron chi connectivity index (χ4n) is 4.20. The first-order valence-electron chi connectivity index (χ1n) is 10.9. The van der Waals surface area contributed by atoms with E-state index in [0.29, 0.717) is 27.9 Å². The average molecular weight is 496 g/mol. The number of benzene rings is 4. The van der Waals surface area contributed by atoms with Crippen molar-refractivity contribution in [1.29, 1.82) is 0 Å². The number of carbonyl (C=O) groups excluding carboxylic acids is 3. The highest BCUT2D eigenvalue weighted by Crippen LogP contribution is 2.33. The molecule has 0 aliphatic carbocycles. The molecule has 4 aromatic carbocycles. The highest BCUT2D eigenvalue weighted by Gasteiger charge is 2.33. The minimum atomic E-state index is -0.358. The van der Waals surface area contributed by atoms with Crippen LogP contribution in [0.1, 0.15) is 20.7 Å². The lowest BCUT2D eigenvalue weighted by atomic mass is 9.94. The fraction of sp³-hybridized carbons (Fsp3) is 0.0370. The Labute approximate surface area is 208 Å². The number of amides is 3. The highest BCUT2D eigenvalue weighted by molar-refractivity contribution is 8.01. The minimum Gasteiger partial charge on any atom is -0.325 e. The summed E-state index contributed by atoms with van der Waals surface area (Å²) in [5.41, 5.74) is 2.97. The van der Waals surface area contributed by atoms with Crippen LogP contribution in [0.4, 0.5) is 11.4 Å². The summed E-state index contributed by atoms with van der Waals surface area (Å²) in [6.07, 6.45) is 0. The van der Waals surface area contributed by atoms with E-state index in [1.807, 2.05) is 48.5 Å². The molecule has 1 aliphatic rings. The summed E-state index contributed by atoms with van der Waals surface area (Å²) >= 11 is 2.95. The number of fused-ring (bicyclic) bond motifs is 1. The molecule has 170 valence electrons. The number of imide groups is 1. The Hall–Kier alpha value is -4.01. The molecule has 6 nitrogen and oxygen atoms in total. The molecule has 6 rings (SSSR count). The number of para-hydroxylation sites is 1. The number of thiazole rings is 1. The van der Waals surface area contributed by atoms with E-state index in [9.17, 15) is 14.4 Å². The number of anilines is 2. The first-order chi connectivity index (χ1) is 17.1. The van der Waals surface area contributed by atoms with Gasteiger partial charge in [-0.1, -0.05) is 48.2 Å². The molecular weight excluding hydrogens is 478 g/mol. The van der Waals surface area contributed by atoms with Crippen molar-refractivity contribution in [3.8, 4) is 0 Å². The number of carbonyl (C=O) groups is 3. The van der Waals surface area contributed by atoms with E-state index in [1.165, 1.54) is 16.7 Å². The molecule has 0 atom stereocenters. The second-order valence-electron chi connectivity index (χ2n) is 7.99. The first kappa shape index (κ1) is 21.5. The average Bonchev–Trinajstić information content (AvgIpc) is 3.30. The molecule has 8 heteroatoms. The van der Waals surface area contributed by atoms with Crippen LogP contribution in [0.25, 0.3) is 21.0 Å². The summed E-state index contributed by atoms with van der Waals surface area (Å²) in [6.45, 7) is 0. The van der Waals surface area contributed by atoms with E-state index in [4.69, 9.17) is 0 Å². The van der Waals surface area contributed by atoms with Crippen LogP contribution in [-0.2, 0) is 4.79 Å². The molecule has 2 heterocycles. The van der Waals surface area contributed by atoms with Crippen molar-refractivity contribution in [3.63, 3.8) is 0 Å². The molecule has 0 bridgehead atoms. The number of nitrogens with zero attached hydrogens (tertiary/aromatic N) is 2. The van der Waals surface area contributed by atoms with Gasteiger partial charge in [-0.3, -0.25) is 14.4 Å². The molecule has 0 fully saturated rings. The number of hydrogen-bond donors (Lipinski definition) is 1. The summed E-state index contributed by atoms with van der Waals surface area (Å²) in [6, 6.07) is 25.5. The van der Waals surface area contributed by atoms with Crippen molar-refractivity contribution >= 4 is 73.2 Å². The second-order valence-corrected chi connectivity index (χ2v) is 10.2. The molecule has 0 unspecified atom stereocenters. The monoisotopic (exact) mass is 495 g/mol. The van der Waals surface area contributed by atoms with E-state index < -0.39 is 0 Å². The largest absolute Gasteiger partial charge is 0.325 e. The molecule has 1 N–H and O–H groups in total. The summed E-state index contributed by atoms with van der Waals surface area (Å²) < 4.78 is 1.93. The maximum atomic E-state index is 13.2. The minimum absolute atomic E-state index is 0.160. The van der Waals surface area contributed by atoms with E-state index in [-0.39, 0.29) is 23.5 Å². The third kappa shape index (κ3) is 3.86. The maximum absolute atomic E-state index is 13.2. The molecule has 0 spiro atoms. The van der Waals surface area contributed by atoms with Gasteiger partial charge in [0.2, 0.25) is 5.91 Å². The van der Waals surface area contributed by atoms with Crippen molar-refractivity contribution in [3.05, 3.63) is 96.1 Å². The van der Waals surface area contributed by atoms with Crippen LogP contribution in [0.15, 0.2) is 89.3 Å². The van der Waals surface area contributed by atoms with Gasteiger partial charge in [0.1, 0.15) is 0 Å². The second kappa shape index (κ2) is 8.65. The third-order valence-corrected chi connectivity index (χ3v) is 7.96. The van der Waals surface area contributed by atoms with Crippen LogP contribution in [0, 0.1) is 0 Å². The molecule has 0 radical (unpaired) electrons. The molecule has 0 saturated heterocycles. The van der Waals surface area contributed by atoms with Crippen LogP contribution in [0.3, 0.4) is 0 Å². The molecule has 1 aliphatic heterocycles. The Kier molecular flexibility index (Phi) is 5.32. The van der Waals surface area contributed by atoms with Crippen LogP contribution in [-0.4, -0.2) is 28.5 Å². The predicted molar refractivity (Wildman–Crippen MR) is 141 cm³/mol. The zero-order valence-electron chi connectivity index (χ0n) is 18.2. The lowest BCUT2D eigenvalue weighted by Crippen LogP contribution is -2.40. The van der Waals surface area contributed by atoms with Gasteiger partial charge in [-0.05, 0) is 53.9 Å². The number of thioether (sulfide) groups is 1. The smallest absolute Gasteiger partial charge is 0.265 e. The van der Waals surface area contributed by atoms with Crippen LogP contribution in [0.5, 0.6) is 0 Å². The number of hydrogen-bond acceptors (Lipinski definition) is 6. The Morgan fingerprint density at radius 2 is 1.54 bits per heavy atom.